The molecular weight excluding hydrogens is 420 g/mol. The van der Waals surface area contributed by atoms with Crippen molar-refractivity contribution < 1.29 is 23.9 Å². The predicted molar refractivity (Wildman–Crippen MR) is 115 cm³/mol. The van der Waals surface area contributed by atoms with Crippen LogP contribution in [0.5, 0.6) is 5.75 Å². The zero-order chi connectivity index (χ0) is 22.1. The van der Waals surface area contributed by atoms with Crippen LogP contribution in [0.25, 0.3) is 0 Å². The highest BCUT2D eigenvalue weighted by Gasteiger charge is 2.37. The lowest BCUT2D eigenvalue weighted by Crippen LogP contribution is -2.40. The van der Waals surface area contributed by atoms with Crippen LogP contribution in [0.3, 0.4) is 0 Å². The van der Waals surface area contributed by atoms with Gasteiger partial charge < -0.3 is 9.64 Å². The van der Waals surface area contributed by atoms with Gasteiger partial charge in [-0.05, 0) is 49.2 Å². The van der Waals surface area contributed by atoms with E-state index in [2.05, 4.69) is 0 Å². The van der Waals surface area contributed by atoms with Crippen molar-refractivity contribution in [3.8, 4) is 5.75 Å². The molecule has 2 aliphatic heterocycles. The first-order valence-electron chi connectivity index (χ1n) is 10.1. The number of piperidine rings is 1. The topological polar surface area (TPSA) is 84.0 Å². The van der Waals surface area contributed by atoms with E-state index >= 15 is 0 Å². The largest absolute Gasteiger partial charge is 0.426 e. The number of imide groups is 1. The number of hydrogen-bond acceptors (Lipinski definition) is 5. The zero-order valence-corrected chi connectivity index (χ0v) is 17.7. The zero-order valence-electron chi connectivity index (χ0n) is 17.0. The lowest BCUT2D eigenvalue weighted by molar-refractivity contribution is -0.139. The summed E-state index contributed by atoms with van der Waals surface area (Å²) in [4.78, 5) is 52.1. The third-order valence-corrected chi connectivity index (χ3v) is 5.83. The average molecular weight is 441 g/mol. The Morgan fingerprint density at radius 2 is 1.71 bits per heavy atom. The number of amides is 3. The molecule has 2 fully saturated rings. The highest BCUT2D eigenvalue weighted by atomic mass is 35.5. The second-order valence-corrected chi connectivity index (χ2v) is 8.11. The van der Waals surface area contributed by atoms with Gasteiger partial charge in [-0.3, -0.25) is 24.1 Å². The summed E-state index contributed by atoms with van der Waals surface area (Å²) in [5, 5.41) is 0.442. The van der Waals surface area contributed by atoms with Crippen LogP contribution in [0.1, 0.15) is 31.2 Å². The third-order valence-electron chi connectivity index (χ3n) is 5.51. The molecule has 0 unspecified atom stereocenters. The van der Waals surface area contributed by atoms with Crippen molar-refractivity contribution in [3.05, 3.63) is 53.1 Å². The van der Waals surface area contributed by atoms with E-state index in [-0.39, 0.29) is 30.7 Å². The number of nitrogens with zero attached hydrogens (tertiary/aromatic N) is 2. The number of rotatable bonds is 4. The Morgan fingerprint density at radius 3 is 2.39 bits per heavy atom. The Balaban J connectivity index is 1.46. The van der Waals surface area contributed by atoms with Gasteiger partial charge in [0, 0.05) is 25.8 Å². The number of hydrogen-bond donors (Lipinski definition) is 0. The first-order valence-corrected chi connectivity index (χ1v) is 10.5. The fraction of sp³-hybridized carbons (Fsp3) is 0.304. The molecule has 0 aromatic heterocycles. The van der Waals surface area contributed by atoms with Gasteiger partial charge >= 0.3 is 5.97 Å². The van der Waals surface area contributed by atoms with Crippen LogP contribution in [-0.4, -0.2) is 30.2 Å². The van der Waals surface area contributed by atoms with Crippen LogP contribution >= 0.6 is 11.6 Å². The Kier molecular flexibility index (Phi) is 5.78. The molecule has 0 radical (unpaired) electrons. The molecule has 160 valence electrons. The van der Waals surface area contributed by atoms with E-state index in [1.165, 1.54) is 9.80 Å². The minimum atomic E-state index is -0.617. The van der Waals surface area contributed by atoms with Gasteiger partial charge in [0.25, 0.3) is 0 Å². The van der Waals surface area contributed by atoms with Gasteiger partial charge in [-0.15, -0.1) is 0 Å². The fourth-order valence-electron chi connectivity index (χ4n) is 3.93. The fourth-order valence-corrected chi connectivity index (χ4v) is 4.17. The number of ether oxygens (including phenoxy) is 1. The summed E-state index contributed by atoms with van der Waals surface area (Å²) >= 11 is 6.18. The smallest absolute Gasteiger partial charge is 0.316 e. The van der Waals surface area contributed by atoms with Gasteiger partial charge in [0.15, 0.2) is 0 Å². The molecule has 4 rings (SSSR count). The van der Waals surface area contributed by atoms with Gasteiger partial charge in [0.2, 0.25) is 17.7 Å². The van der Waals surface area contributed by atoms with Crippen LogP contribution in [0.4, 0.5) is 11.4 Å². The number of anilines is 2. The molecule has 7 nitrogen and oxygen atoms in total. The van der Waals surface area contributed by atoms with Gasteiger partial charge in [-0.2, -0.15) is 0 Å². The summed E-state index contributed by atoms with van der Waals surface area (Å²) in [6, 6.07) is 11.8. The minimum absolute atomic E-state index is 0.0396. The molecule has 31 heavy (non-hydrogen) atoms. The normalized spacial score (nSPS) is 19.2. The summed E-state index contributed by atoms with van der Waals surface area (Å²) in [6.45, 7) is 1.94. The first kappa shape index (κ1) is 21.1. The van der Waals surface area contributed by atoms with Crippen molar-refractivity contribution in [1.29, 1.82) is 0 Å². The molecule has 8 heteroatoms. The Labute approximate surface area is 184 Å². The van der Waals surface area contributed by atoms with Crippen molar-refractivity contribution in [1.82, 2.24) is 0 Å². The van der Waals surface area contributed by atoms with Crippen molar-refractivity contribution in [2.75, 3.05) is 16.3 Å². The van der Waals surface area contributed by atoms with Gasteiger partial charge in [-0.1, -0.05) is 23.7 Å². The first-order chi connectivity index (χ1) is 14.8. The number of benzene rings is 2. The molecule has 0 spiro atoms. The van der Waals surface area contributed by atoms with Crippen molar-refractivity contribution in [2.24, 2.45) is 5.92 Å². The Bertz CT molecular complexity index is 1070. The molecule has 1 atom stereocenters. The summed E-state index contributed by atoms with van der Waals surface area (Å²) in [7, 11) is 0. The van der Waals surface area contributed by atoms with E-state index in [0.29, 0.717) is 47.0 Å². The molecule has 0 N–H and O–H groups in total. The maximum absolute atomic E-state index is 12.7. The highest BCUT2D eigenvalue weighted by Crippen LogP contribution is 2.33. The number of esters is 1. The number of carbonyl (C=O) groups is 4. The standard InChI is InChI=1S/C23H21ClN2O5/c1-14-11-16(9-10-18(14)26-20(27)7-4-8-21(26)28)31-23(30)15-12-22(29)25(13-15)19-6-3-2-5-17(19)24/h2-3,5-6,9-11,15H,4,7-8,12-13H2,1H3/t15-/m1/s1. The summed E-state index contributed by atoms with van der Waals surface area (Å²) in [5.41, 5.74) is 1.71. The number of para-hydroxylation sites is 1. The maximum Gasteiger partial charge on any atom is 0.316 e. The van der Waals surface area contributed by atoms with Gasteiger partial charge in [-0.25, -0.2) is 0 Å². The molecule has 0 bridgehead atoms. The van der Waals surface area contributed by atoms with Crippen LogP contribution < -0.4 is 14.5 Å². The average Bonchev–Trinajstić information content (AvgIpc) is 3.11. The lowest BCUT2D eigenvalue weighted by atomic mass is 10.1. The lowest BCUT2D eigenvalue weighted by Gasteiger charge is -2.26. The van der Waals surface area contributed by atoms with Crippen molar-refractivity contribution in [3.63, 3.8) is 0 Å². The van der Waals surface area contributed by atoms with Crippen LogP contribution in [-0.2, 0) is 19.2 Å². The molecule has 2 aromatic carbocycles. The van der Waals surface area contributed by atoms with Gasteiger partial charge in [0.05, 0.1) is 22.3 Å². The molecule has 0 saturated carbocycles. The van der Waals surface area contributed by atoms with Crippen LogP contribution in [0.2, 0.25) is 5.02 Å². The molecule has 0 aliphatic carbocycles. The Morgan fingerprint density at radius 1 is 1.00 bits per heavy atom. The minimum Gasteiger partial charge on any atom is -0.426 e. The van der Waals surface area contributed by atoms with Crippen molar-refractivity contribution in [2.45, 2.75) is 32.6 Å². The van der Waals surface area contributed by atoms with E-state index in [0.717, 1.165) is 0 Å². The number of halogens is 1. The van der Waals surface area contributed by atoms with Crippen molar-refractivity contribution >= 4 is 46.7 Å². The molecule has 2 aliphatic rings. The highest BCUT2D eigenvalue weighted by molar-refractivity contribution is 6.33. The monoisotopic (exact) mass is 440 g/mol. The van der Waals surface area contributed by atoms with E-state index < -0.39 is 11.9 Å². The number of aryl methyl sites for hydroxylation is 1. The molecular formula is C23H21ClN2O5. The summed E-state index contributed by atoms with van der Waals surface area (Å²) in [6.07, 6.45) is 1.27. The van der Waals surface area contributed by atoms with Gasteiger partial charge in [0.1, 0.15) is 5.75 Å². The van der Waals surface area contributed by atoms with E-state index in [1.54, 1.807) is 49.4 Å². The quantitative estimate of drug-likeness (QED) is 0.411. The SMILES string of the molecule is Cc1cc(OC(=O)[C@@H]2CC(=O)N(c3ccccc3Cl)C2)ccc1N1C(=O)CCCC1=O. The van der Waals surface area contributed by atoms with E-state index in [1.807, 2.05) is 0 Å². The molecule has 3 amide bonds. The number of carbonyl (C=O) groups excluding carboxylic acids is 4. The second-order valence-electron chi connectivity index (χ2n) is 7.70. The van der Waals surface area contributed by atoms with E-state index in [4.69, 9.17) is 16.3 Å². The molecule has 2 saturated heterocycles. The molecule has 2 aromatic rings. The Hall–Kier alpha value is -3.19. The van der Waals surface area contributed by atoms with E-state index in [9.17, 15) is 19.2 Å². The second kappa shape index (κ2) is 8.51. The van der Waals surface area contributed by atoms with Crippen LogP contribution in [0.15, 0.2) is 42.5 Å². The summed E-state index contributed by atoms with van der Waals surface area (Å²) < 4.78 is 5.50. The summed E-state index contributed by atoms with van der Waals surface area (Å²) in [5.74, 6) is -1.48. The third kappa shape index (κ3) is 4.18. The van der Waals surface area contributed by atoms with Crippen LogP contribution in [0, 0.1) is 12.8 Å². The maximum atomic E-state index is 12.7. The molecule has 2 heterocycles. The predicted octanol–water partition coefficient (Wildman–Crippen LogP) is 3.65.